The molecule has 3 aromatic carbocycles. The van der Waals surface area contributed by atoms with E-state index in [4.69, 9.17) is 44.1 Å². The van der Waals surface area contributed by atoms with E-state index in [1.165, 1.54) is 11.5 Å². The Bertz CT molecular complexity index is 1790. The van der Waals surface area contributed by atoms with Crippen molar-refractivity contribution in [3.05, 3.63) is 92.2 Å². The van der Waals surface area contributed by atoms with Crippen LogP contribution >= 0.6 is 46.3 Å². The molecule has 1 saturated heterocycles. The minimum atomic E-state index is -1.01. The lowest BCUT2D eigenvalue weighted by Gasteiger charge is -2.41. The first-order valence-corrected chi connectivity index (χ1v) is 15.0. The summed E-state index contributed by atoms with van der Waals surface area (Å²) in [6.45, 7) is 1.87. The fourth-order valence-electron chi connectivity index (χ4n) is 5.30. The predicted molar refractivity (Wildman–Crippen MR) is 161 cm³/mol. The lowest BCUT2D eigenvalue weighted by atomic mass is 9.90. The number of carboxylic acid groups (broad SMARTS) is 1. The topological polar surface area (TPSA) is 88.7 Å². The molecule has 5 aromatic rings. The van der Waals surface area contributed by atoms with Gasteiger partial charge in [0.15, 0.2) is 5.69 Å². The number of ether oxygens (including phenoxy) is 1. The van der Waals surface area contributed by atoms with Crippen LogP contribution in [0.3, 0.4) is 0 Å². The Labute approximate surface area is 254 Å². The van der Waals surface area contributed by atoms with Crippen molar-refractivity contribution in [2.45, 2.75) is 31.3 Å². The molecule has 2 fully saturated rings. The van der Waals surface area contributed by atoms with Crippen molar-refractivity contribution in [2.24, 2.45) is 0 Å². The second kappa shape index (κ2) is 10.5. The molecular weight excluding hydrogens is 605 g/mol. The minimum absolute atomic E-state index is 0.101. The minimum Gasteiger partial charge on any atom is -0.489 e. The van der Waals surface area contributed by atoms with Gasteiger partial charge in [-0.25, -0.2) is 4.79 Å². The van der Waals surface area contributed by atoms with Crippen LogP contribution in [0.1, 0.15) is 52.1 Å². The normalized spacial score (nSPS) is 15.3. The van der Waals surface area contributed by atoms with Gasteiger partial charge in [-0.1, -0.05) is 52.1 Å². The number of aromatic nitrogens is 2. The Kier molecular flexibility index (Phi) is 6.82. The van der Waals surface area contributed by atoms with Gasteiger partial charge in [0.2, 0.25) is 0 Å². The summed E-state index contributed by atoms with van der Waals surface area (Å²) < 4.78 is 16.9. The second-order valence-electron chi connectivity index (χ2n) is 10.3. The van der Waals surface area contributed by atoms with Crippen LogP contribution in [0.4, 0.5) is 5.69 Å². The van der Waals surface area contributed by atoms with Crippen LogP contribution in [0, 0.1) is 0 Å². The van der Waals surface area contributed by atoms with Crippen molar-refractivity contribution in [1.29, 1.82) is 0 Å². The number of hydrogen-bond acceptors (Lipinski definition) is 7. The van der Waals surface area contributed by atoms with Crippen molar-refractivity contribution in [3.8, 4) is 17.0 Å². The van der Waals surface area contributed by atoms with Crippen molar-refractivity contribution >= 4 is 68.1 Å². The molecular formula is C30H22Cl3N3O4S. The molecule has 0 amide bonds. The van der Waals surface area contributed by atoms with Crippen LogP contribution in [-0.2, 0) is 6.61 Å². The summed E-state index contributed by atoms with van der Waals surface area (Å²) in [7, 11) is 0. The van der Waals surface area contributed by atoms with Crippen molar-refractivity contribution < 1.29 is 19.2 Å². The number of hydrogen-bond donors (Lipinski definition) is 1. The third kappa shape index (κ3) is 4.93. The first-order chi connectivity index (χ1) is 19.9. The van der Waals surface area contributed by atoms with E-state index in [2.05, 4.69) is 14.4 Å². The zero-order chi connectivity index (χ0) is 28.2. The fourth-order valence-corrected chi connectivity index (χ4v) is 7.00. The third-order valence-electron chi connectivity index (χ3n) is 7.67. The zero-order valence-corrected chi connectivity index (χ0v) is 24.5. The molecule has 7 rings (SSSR count). The number of aromatic carboxylic acids is 1. The molecule has 0 atom stereocenters. The monoisotopic (exact) mass is 625 g/mol. The van der Waals surface area contributed by atoms with Gasteiger partial charge in [0, 0.05) is 46.6 Å². The summed E-state index contributed by atoms with van der Waals surface area (Å²) in [6.07, 6.45) is 2.11. The van der Waals surface area contributed by atoms with E-state index in [1.54, 1.807) is 18.2 Å². The summed E-state index contributed by atoms with van der Waals surface area (Å²) in [6, 6.07) is 17.0. The van der Waals surface area contributed by atoms with E-state index in [9.17, 15) is 9.90 Å². The maximum atomic E-state index is 11.4. The molecule has 0 unspecified atom stereocenters. The van der Waals surface area contributed by atoms with Gasteiger partial charge in [0.1, 0.15) is 23.8 Å². The van der Waals surface area contributed by atoms with Crippen LogP contribution < -0.4 is 9.64 Å². The van der Waals surface area contributed by atoms with Crippen LogP contribution in [0.25, 0.3) is 21.3 Å². The average Bonchev–Trinajstić information content (AvgIpc) is 3.54. The number of anilines is 1. The highest BCUT2D eigenvalue weighted by atomic mass is 35.5. The van der Waals surface area contributed by atoms with Gasteiger partial charge in [-0.15, -0.1) is 0 Å². The Morgan fingerprint density at radius 3 is 2.51 bits per heavy atom. The molecule has 0 radical (unpaired) electrons. The highest BCUT2D eigenvalue weighted by Crippen LogP contribution is 2.46. The number of nitrogens with zero attached hydrogens (tertiary/aromatic N) is 3. The molecule has 7 nitrogen and oxygen atoms in total. The average molecular weight is 627 g/mol. The van der Waals surface area contributed by atoms with Crippen LogP contribution in [0.5, 0.6) is 5.75 Å². The first-order valence-electron chi connectivity index (χ1n) is 13.1. The van der Waals surface area contributed by atoms with Crippen molar-refractivity contribution in [1.82, 2.24) is 9.53 Å². The Morgan fingerprint density at radius 1 is 1.02 bits per heavy atom. The summed E-state index contributed by atoms with van der Waals surface area (Å²) in [4.78, 5) is 13.6. The third-order valence-corrected chi connectivity index (χ3v) is 9.43. The number of fused-ring (bicyclic) bond motifs is 1. The molecule has 2 aromatic heterocycles. The maximum Gasteiger partial charge on any atom is 0.356 e. The quantitative estimate of drug-likeness (QED) is 0.184. The summed E-state index contributed by atoms with van der Waals surface area (Å²) >= 11 is 20.9. The molecule has 41 heavy (non-hydrogen) atoms. The molecule has 208 valence electrons. The lowest BCUT2D eigenvalue weighted by molar-refractivity contribution is 0.0694. The fraction of sp³-hybridized carbons (Fsp3) is 0.233. The second-order valence-corrected chi connectivity index (χ2v) is 12.4. The number of rotatable bonds is 8. The summed E-state index contributed by atoms with van der Waals surface area (Å²) in [5, 5.41) is 16.0. The van der Waals surface area contributed by atoms with E-state index in [1.807, 2.05) is 36.4 Å². The molecule has 2 aliphatic rings. The zero-order valence-electron chi connectivity index (χ0n) is 21.4. The Morgan fingerprint density at radius 2 is 1.80 bits per heavy atom. The molecule has 11 heteroatoms. The van der Waals surface area contributed by atoms with Crippen LogP contribution in [0.15, 0.2) is 59.1 Å². The number of carbonyl (C=O) groups is 1. The first kappa shape index (κ1) is 26.6. The van der Waals surface area contributed by atoms with Gasteiger partial charge < -0.3 is 19.3 Å². The van der Waals surface area contributed by atoms with Gasteiger partial charge in [-0.2, -0.15) is 4.37 Å². The van der Waals surface area contributed by atoms with E-state index in [-0.39, 0.29) is 18.2 Å². The van der Waals surface area contributed by atoms with Crippen LogP contribution in [0.2, 0.25) is 15.1 Å². The Balaban J connectivity index is 1.05. The lowest BCUT2D eigenvalue weighted by Crippen LogP contribution is -2.45. The van der Waals surface area contributed by atoms with Crippen molar-refractivity contribution in [2.75, 3.05) is 18.0 Å². The number of benzene rings is 3. The van der Waals surface area contributed by atoms with Gasteiger partial charge in [0.05, 0.1) is 20.3 Å². The SMILES string of the molecule is O=C(O)c1nsc2cc(N3CC(c4ccc(OCc5c(-c6c(Cl)cccc6Cl)noc5C5CC5)cc4Cl)C3)ccc12. The number of carboxylic acids is 1. The predicted octanol–water partition coefficient (Wildman–Crippen LogP) is 8.67. The molecule has 0 spiro atoms. The van der Waals surface area contributed by atoms with Crippen LogP contribution in [-0.4, -0.2) is 33.7 Å². The highest BCUT2D eigenvalue weighted by Gasteiger charge is 2.34. The van der Waals surface area contributed by atoms with Gasteiger partial charge in [-0.05, 0) is 72.4 Å². The van der Waals surface area contributed by atoms with E-state index in [0.29, 0.717) is 43.4 Å². The summed E-state index contributed by atoms with van der Waals surface area (Å²) in [5.41, 5.74) is 4.31. The highest BCUT2D eigenvalue weighted by molar-refractivity contribution is 7.13. The van der Waals surface area contributed by atoms with E-state index in [0.717, 1.165) is 53.2 Å². The molecule has 1 N–H and O–H groups in total. The van der Waals surface area contributed by atoms with Crippen molar-refractivity contribution in [3.63, 3.8) is 0 Å². The van der Waals surface area contributed by atoms with Gasteiger partial charge in [0.25, 0.3) is 0 Å². The number of halogens is 3. The molecule has 1 aliphatic carbocycles. The van der Waals surface area contributed by atoms with E-state index < -0.39 is 5.97 Å². The largest absolute Gasteiger partial charge is 0.489 e. The molecule has 0 bridgehead atoms. The smallest absolute Gasteiger partial charge is 0.356 e. The van der Waals surface area contributed by atoms with E-state index >= 15 is 0 Å². The molecule has 1 aliphatic heterocycles. The molecule has 1 saturated carbocycles. The molecule has 3 heterocycles. The Hall–Kier alpha value is -3.30. The summed E-state index contributed by atoms with van der Waals surface area (Å²) in [5.74, 6) is 1.07. The van der Waals surface area contributed by atoms with Gasteiger partial charge >= 0.3 is 5.97 Å². The standard InChI is InChI=1S/C30H22Cl3N3O4S/c31-22-2-1-3-23(32)26(22)27-21(29(40-34-27)15-4-5-15)14-39-18-7-9-19(24(33)11-18)16-12-36(13-16)17-6-8-20-25(10-17)41-35-28(20)30(37)38/h1-3,6-11,15-16H,4-5,12-14H2,(H,37,38). The van der Waals surface area contributed by atoms with Gasteiger partial charge in [-0.3, -0.25) is 0 Å². The maximum absolute atomic E-state index is 11.4.